The van der Waals surface area contributed by atoms with Gasteiger partial charge < -0.3 is 14.6 Å². The van der Waals surface area contributed by atoms with Crippen LogP contribution in [0.25, 0.3) is 0 Å². The highest BCUT2D eigenvalue weighted by atomic mass is 16.6. The molecule has 0 aromatic heterocycles. The zero-order valence-electron chi connectivity index (χ0n) is 24.1. The average molecular weight is 499 g/mol. The maximum absolute atomic E-state index is 13.4. The third kappa shape index (κ3) is 2.98. The molecule has 0 spiro atoms. The lowest BCUT2D eigenvalue weighted by Crippen LogP contribution is -2.63. The number of carbonyl (C=O) groups is 1. The van der Waals surface area contributed by atoms with E-state index in [1.165, 1.54) is 12.8 Å². The summed E-state index contributed by atoms with van der Waals surface area (Å²) in [5.74, 6) is 1.40. The van der Waals surface area contributed by atoms with Gasteiger partial charge in [0.1, 0.15) is 6.10 Å². The number of epoxide rings is 1. The fourth-order valence-corrected chi connectivity index (χ4v) is 11.5. The molecule has 0 radical (unpaired) electrons. The third-order valence-electron chi connectivity index (χ3n) is 13.7. The first-order valence-electron chi connectivity index (χ1n) is 14.8. The van der Waals surface area contributed by atoms with Gasteiger partial charge in [0.05, 0.1) is 24.7 Å². The lowest BCUT2D eigenvalue weighted by Gasteiger charge is -2.69. The number of hydrogen-bond acceptors (Lipinski definition) is 4. The molecule has 0 aromatic carbocycles. The van der Waals surface area contributed by atoms with E-state index in [-0.39, 0.29) is 62.7 Å². The summed E-state index contributed by atoms with van der Waals surface area (Å²) >= 11 is 0. The maximum atomic E-state index is 13.4. The molecule has 4 heteroatoms. The second-order valence-corrected chi connectivity index (χ2v) is 16.0. The number of hydrogen-bond donors (Lipinski definition) is 1. The molecule has 1 aliphatic heterocycles. The first kappa shape index (κ1) is 25.4. The molecule has 0 aromatic rings. The van der Waals surface area contributed by atoms with Crippen LogP contribution < -0.4 is 0 Å². The quantitative estimate of drug-likeness (QED) is 0.248. The Balaban J connectivity index is 1.45. The van der Waals surface area contributed by atoms with Crippen LogP contribution in [-0.2, 0) is 14.3 Å². The van der Waals surface area contributed by atoms with Crippen LogP contribution in [0.1, 0.15) is 106 Å². The Morgan fingerprint density at radius 3 is 2.36 bits per heavy atom. The van der Waals surface area contributed by atoms with Gasteiger partial charge in [-0.25, -0.2) is 0 Å². The van der Waals surface area contributed by atoms with E-state index in [1.807, 2.05) is 0 Å². The van der Waals surface area contributed by atoms with Crippen LogP contribution in [0.3, 0.4) is 0 Å². The average Bonchev–Trinajstić information content (AvgIpc) is 3.61. The molecule has 1 saturated heterocycles. The number of esters is 1. The minimum absolute atomic E-state index is 0.0267. The smallest absolute Gasteiger partial charge is 0.312 e. The van der Waals surface area contributed by atoms with E-state index in [1.54, 1.807) is 12.7 Å². The van der Waals surface area contributed by atoms with E-state index < -0.39 is 0 Å². The SMILES string of the molecule is COC(=O)C12CCC(C)(C)CC1C1=CCC3C4(C)CC(O)C5OC5C(C)(C)C4CCC3(C)C1(C)CC2. The Hall–Kier alpha value is -0.870. The van der Waals surface area contributed by atoms with Gasteiger partial charge in [0, 0.05) is 0 Å². The van der Waals surface area contributed by atoms with Gasteiger partial charge in [0.2, 0.25) is 0 Å². The zero-order valence-corrected chi connectivity index (χ0v) is 24.1. The summed E-state index contributed by atoms with van der Waals surface area (Å²) in [6.07, 6.45) is 12.0. The van der Waals surface area contributed by atoms with Crippen molar-refractivity contribution in [1.82, 2.24) is 0 Å². The monoisotopic (exact) mass is 498 g/mol. The van der Waals surface area contributed by atoms with Crippen LogP contribution in [0.15, 0.2) is 11.6 Å². The lowest BCUT2D eigenvalue weighted by molar-refractivity contribution is -0.186. The Morgan fingerprint density at radius 2 is 1.67 bits per heavy atom. The van der Waals surface area contributed by atoms with Crippen molar-refractivity contribution < 1.29 is 19.4 Å². The van der Waals surface area contributed by atoms with Crippen molar-refractivity contribution in [2.24, 2.45) is 50.2 Å². The molecule has 1 N–H and O–H groups in total. The lowest BCUT2D eigenvalue weighted by atomic mass is 9.34. The van der Waals surface area contributed by atoms with Crippen LogP contribution >= 0.6 is 0 Å². The summed E-state index contributed by atoms with van der Waals surface area (Å²) in [5, 5.41) is 11.2. The molecule has 0 amide bonds. The predicted molar refractivity (Wildman–Crippen MR) is 141 cm³/mol. The number of methoxy groups -OCH3 is 1. The summed E-state index contributed by atoms with van der Waals surface area (Å²) < 4.78 is 11.6. The number of allylic oxidation sites excluding steroid dienone is 2. The Labute approximate surface area is 219 Å². The van der Waals surface area contributed by atoms with E-state index in [9.17, 15) is 9.90 Å². The van der Waals surface area contributed by atoms with Crippen LogP contribution in [-0.4, -0.2) is 36.5 Å². The summed E-state index contributed by atoms with van der Waals surface area (Å²) in [4.78, 5) is 13.4. The minimum atomic E-state index is -0.359. The number of ether oxygens (including phenoxy) is 2. The second kappa shape index (κ2) is 7.40. The Morgan fingerprint density at radius 1 is 0.972 bits per heavy atom. The molecule has 36 heavy (non-hydrogen) atoms. The highest BCUT2D eigenvalue weighted by Gasteiger charge is 2.71. The van der Waals surface area contributed by atoms with Crippen LogP contribution in [0.5, 0.6) is 0 Å². The van der Waals surface area contributed by atoms with Crippen LogP contribution in [0.2, 0.25) is 0 Å². The van der Waals surface area contributed by atoms with Gasteiger partial charge in [-0.2, -0.15) is 0 Å². The number of fused-ring (bicyclic) bond motifs is 8. The number of aliphatic hydroxyl groups is 1. The van der Waals surface area contributed by atoms with Crippen molar-refractivity contribution in [1.29, 1.82) is 0 Å². The predicted octanol–water partition coefficient (Wildman–Crippen LogP) is 6.70. The van der Waals surface area contributed by atoms with Crippen molar-refractivity contribution in [3.63, 3.8) is 0 Å². The van der Waals surface area contributed by atoms with Gasteiger partial charge in [-0.3, -0.25) is 4.79 Å². The molecule has 1 heterocycles. The van der Waals surface area contributed by atoms with E-state index >= 15 is 0 Å². The zero-order chi connectivity index (χ0) is 26.1. The van der Waals surface area contributed by atoms with E-state index in [2.05, 4.69) is 54.5 Å². The van der Waals surface area contributed by atoms with E-state index in [0.717, 1.165) is 44.9 Å². The highest BCUT2D eigenvalue weighted by molar-refractivity contribution is 5.78. The Bertz CT molecular complexity index is 996. The van der Waals surface area contributed by atoms with Gasteiger partial charge >= 0.3 is 5.97 Å². The molecular formula is C32H50O4. The van der Waals surface area contributed by atoms with Gasteiger partial charge in [-0.05, 0) is 103 Å². The standard InChI is InChI=1S/C32H50O4/c1-27(2)13-15-32(26(34)35-8)16-14-30(6)19(20(32)17-27)9-10-23-29(5)18-21(33)24-25(36-24)28(3,4)22(29)11-12-31(23,30)7/h9,20-25,33H,10-18H2,1-8H3. The normalized spacial score (nSPS) is 54.3. The van der Waals surface area contributed by atoms with Gasteiger partial charge in [-0.1, -0.05) is 60.1 Å². The Kier molecular flexibility index (Phi) is 5.23. The van der Waals surface area contributed by atoms with Crippen molar-refractivity contribution in [3.05, 3.63) is 11.6 Å². The molecule has 5 aliphatic carbocycles. The number of rotatable bonds is 1. The molecule has 10 atom stereocenters. The number of aliphatic hydroxyl groups excluding tert-OH is 1. The molecule has 202 valence electrons. The molecule has 6 rings (SSSR count). The summed E-state index contributed by atoms with van der Waals surface area (Å²) in [7, 11) is 1.59. The second-order valence-electron chi connectivity index (χ2n) is 16.0. The van der Waals surface area contributed by atoms with Crippen molar-refractivity contribution in [3.8, 4) is 0 Å². The molecule has 10 unspecified atom stereocenters. The van der Waals surface area contributed by atoms with Crippen LogP contribution in [0.4, 0.5) is 0 Å². The first-order valence-corrected chi connectivity index (χ1v) is 14.8. The topological polar surface area (TPSA) is 59.1 Å². The fourth-order valence-electron chi connectivity index (χ4n) is 11.5. The maximum Gasteiger partial charge on any atom is 0.312 e. The summed E-state index contributed by atoms with van der Waals surface area (Å²) in [6, 6.07) is 0. The minimum Gasteiger partial charge on any atom is -0.469 e. The van der Waals surface area contributed by atoms with Crippen LogP contribution in [0, 0.1) is 50.2 Å². The van der Waals surface area contributed by atoms with Crippen molar-refractivity contribution >= 4 is 5.97 Å². The molecule has 6 aliphatic rings. The van der Waals surface area contributed by atoms with Gasteiger partial charge in [0.25, 0.3) is 0 Å². The van der Waals surface area contributed by atoms with E-state index in [0.29, 0.717) is 11.8 Å². The highest BCUT2D eigenvalue weighted by Crippen LogP contribution is 2.76. The van der Waals surface area contributed by atoms with Crippen molar-refractivity contribution in [2.75, 3.05) is 7.11 Å². The third-order valence-corrected chi connectivity index (χ3v) is 13.7. The largest absolute Gasteiger partial charge is 0.469 e. The number of carbonyl (C=O) groups excluding carboxylic acids is 1. The fraction of sp³-hybridized carbons (Fsp3) is 0.906. The molecule has 4 saturated carbocycles. The van der Waals surface area contributed by atoms with Gasteiger partial charge in [-0.15, -0.1) is 0 Å². The molecular weight excluding hydrogens is 448 g/mol. The van der Waals surface area contributed by atoms with E-state index in [4.69, 9.17) is 9.47 Å². The first-order chi connectivity index (χ1) is 16.7. The molecule has 5 fully saturated rings. The van der Waals surface area contributed by atoms with Gasteiger partial charge in [0.15, 0.2) is 0 Å². The summed E-state index contributed by atoms with van der Waals surface area (Å²) in [5.41, 5.74) is 1.90. The molecule has 4 nitrogen and oxygen atoms in total. The summed E-state index contributed by atoms with van der Waals surface area (Å²) in [6.45, 7) is 17.3. The molecule has 0 bridgehead atoms. The van der Waals surface area contributed by atoms with Crippen molar-refractivity contribution in [2.45, 2.75) is 125 Å².